The van der Waals surface area contributed by atoms with Crippen LogP contribution in [0.2, 0.25) is 8.67 Å². The predicted molar refractivity (Wildman–Crippen MR) is 87.7 cm³/mol. The Morgan fingerprint density at radius 2 is 2.15 bits per heavy atom. The fourth-order valence-electron chi connectivity index (χ4n) is 2.79. The summed E-state index contributed by atoms with van der Waals surface area (Å²) in [5.41, 5.74) is 10.7. The van der Waals surface area contributed by atoms with E-state index in [2.05, 4.69) is 17.9 Å². The molecule has 1 aromatic heterocycles. The number of hydrogen-bond donors (Lipinski definition) is 1. The minimum atomic E-state index is 0.249. The maximum Gasteiger partial charge on any atom is 0.0991 e. The summed E-state index contributed by atoms with van der Waals surface area (Å²) < 4.78 is 1.53. The number of nitrogens with two attached hydrogens (primary N) is 1. The Hall–Kier alpha value is -0.740. The molecule has 1 aliphatic heterocycles. The van der Waals surface area contributed by atoms with Crippen molar-refractivity contribution in [2.45, 2.75) is 25.9 Å². The molecule has 1 aromatic carbocycles. The van der Waals surface area contributed by atoms with Crippen molar-refractivity contribution in [3.8, 4) is 0 Å². The maximum atomic E-state index is 6.27. The number of benzene rings is 1. The summed E-state index contributed by atoms with van der Waals surface area (Å²) in [4.78, 5) is 2.41. The first-order chi connectivity index (χ1) is 9.56. The lowest BCUT2D eigenvalue weighted by Crippen LogP contribution is -2.33. The minimum Gasteiger partial charge on any atom is -0.398 e. The average molecular weight is 327 g/mol. The zero-order valence-electron chi connectivity index (χ0n) is 11.2. The molecule has 0 saturated heterocycles. The van der Waals surface area contributed by atoms with E-state index < -0.39 is 0 Å². The highest BCUT2D eigenvalue weighted by molar-refractivity contribution is 7.20. The Kier molecular flexibility index (Phi) is 3.95. The second-order valence-corrected chi connectivity index (χ2v) is 7.45. The highest BCUT2D eigenvalue weighted by Crippen LogP contribution is 2.38. The lowest BCUT2D eigenvalue weighted by atomic mass is 9.96. The second kappa shape index (κ2) is 5.57. The van der Waals surface area contributed by atoms with E-state index in [1.165, 1.54) is 22.5 Å². The van der Waals surface area contributed by atoms with E-state index in [1.807, 2.05) is 18.2 Å². The Labute approximate surface area is 133 Å². The van der Waals surface area contributed by atoms with Crippen molar-refractivity contribution in [1.29, 1.82) is 0 Å². The molecular weight excluding hydrogens is 311 g/mol. The van der Waals surface area contributed by atoms with Crippen molar-refractivity contribution in [3.05, 3.63) is 49.6 Å². The summed E-state index contributed by atoms with van der Waals surface area (Å²) in [5.74, 6) is 0. The number of halogens is 2. The molecule has 3 rings (SSSR count). The van der Waals surface area contributed by atoms with Crippen LogP contribution in [-0.4, -0.2) is 11.4 Å². The third-order valence-corrected chi connectivity index (χ3v) is 5.54. The number of anilines is 1. The Balaban J connectivity index is 1.86. The van der Waals surface area contributed by atoms with Gasteiger partial charge in [-0.2, -0.15) is 0 Å². The highest BCUT2D eigenvalue weighted by atomic mass is 35.5. The van der Waals surface area contributed by atoms with Gasteiger partial charge in [-0.05, 0) is 36.6 Å². The largest absolute Gasteiger partial charge is 0.398 e. The van der Waals surface area contributed by atoms with Crippen LogP contribution in [0.3, 0.4) is 0 Å². The van der Waals surface area contributed by atoms with Crippen LogP contribution in [0.15, 0.2) is 24.3 Å². The molecule has 1 unspecified atom stereocenters. The molecular formula is C15H16Cl2N2S. The Bertz CT molecular complexity index is 639. The summed E-state index contributed by atoms with van der Waals surface area (Å²) >= 11 is 13.8. The fourth-order valence-corrected chi connectivity index (χ4v) is 4.43. The molecule has 0 amide bonds. The Morgan fingerprint density at radius 3 is 2.85 bits per heavy atom. The van der Waals surface area contributed by atoms with Gasteiger partial charge < -0.3 is 5.73 Å². The maximum absolute atomic E-state index is 6.27. The van der Waals surface area contributed by atoms with E-state index >= 15 is 0 Å². The molecule has 0 aliphatic carbocycles. The van der Waals surface area contributed by atoms with Crippen LogP contribution in [0.1, 0.15) is 29.7 Å². The van der Waals surface area contributed by atoms with Crippen molar-refractivity contribution in [2.24, 2.45) is 0 Å². The van der Waals surface area contributed by atoms with Crippen molar-refractivity contribution >= 4 is 40.2 Å². The first-order valence-electron chi connectivity index (χ1n) is 6.61. The van der Waals surface area contributed by atoms with Crippen molar-refractivity contribution in [2.75, 3.05) is 12.3 Å². The molecule has 0 bridgehead atoms. The van der Waals surface area contributed by atoms with E-state index in [4.69, 9.17) is 28.9 Å². The van der Waals surface area contributed by atoms with Crippen molar-refractivity contribution in [3.63, 3.8) is 0 Å². The van der Waals surface area contributed by atoms with Gasteiger partial charge in [0.15, 0.2) is 0 Å². The van der Waals surface area contributed by atoms with Crippen LogP contribution < -0.4 is 5.73 Å². The quantitative estimate of drug-likeness (QED) is 0.806. The fraction of sp³-hybridized carbons (Fsp3) is 0.333. The topological polar surface area (TPSA) is 29.3 Å². The van der Waals surface area contributed by atoms with E-state index in [1.54, 1.807) is 0 Å². The van der Waals surface area contributed by atoms with Gasteiger partial charge in [-0.3, -0.25) is 4.90 Å². The van der Waals surface area contributed by atoms with Crippen molar-refractivity contribution in [1.82, 2.24) is 4.90 Å². The number of thiophene rings is 1. The zero-order chi connectivity index (χ0) is 14.3. The van der Waals surface area contributed by atoms with Gasteiger partial charge in [0.2, 0.25) is 0 Å². The zero-order valence-corrected chi connectivity index (χ0v) is 13.5. The summed E-state index contributed by atoms with van der Waals surface area (Å²) in [6.45, 7) is 4.06. The lowest BCUT2D eigenvalue weighted by Gasteiger charge is -2.34. The van der Waals surface area contributed by atoms with Crippen LogP contribution >= 0.6 is 34.5 Å². The van der Waals surface area contributed by atoms with Crippen molar-refractivity contribution < 1.29 is 0 Å². The van der Waals surface area contributed by atoms with Crippen LogP contribution in [0, 0.1) is 0 Å². The molecule has 2 N–H and O–H groups in total. The molecule has 1 atom stereocenters. The molecule has 0 saturated carbocycles. The molecule has 106 valence electrons. The third-order valence-electron chi connectivity index (χ3n) is 4.02. The van der Waals surface area contributed by atoms with Gasteiger partial charge in [-0.1, -0.05) is 35.3 Å². The summed E-state index contributed by atoms with van der Waals surface area (Å²) in [7, 11) is 0. The van der Waals surface area contributed by atoms with Gasteiger partial charge in [-0.15, -0.1) is 11.3 Å². The third kappa shape index (κ3) is 2.56. The molecule has 0 radical (unpaired) electrons. The molecule has 2 aromatic rings. The van der Waals surface area contributed by atoms with Gasteiger partial charge >= 0.3 is 0 Å². The second-order valence-electron chi connectivity index (χ2n) is 5.16. The SMILES string of the molecule is CC(c1cc(Cl)sc1Cl)N1CCc2cccc(N)c2C1. The van der Waals surface area contributed by atoms with Gasteiger partial charge in [0.05, 0.1) is 8.67 Å². The molecule has 2 nitrogen and oxygen atoms in total. The number of nitrogen functional groups attached to an aromatic ring is 1. The van der Waals surface area contributed by atoms with Crippen LogP contribution in [0.4, 0.5) is 5.69 Å². The number of fused-ring (bicyclic) bond motifs is 1. The monoisotopic (exact) mass is 326 g/mol. The van der Waals surface area contributed by atoms with Crippen LogP contribution in [0.25, 0.3) is 0 Å². The molecule has 2 heterocycles. The lowest BCUT2D eigenvalue weighted by molar-refractivity contribution is 0.193. The number of nitrogens with zero attached hydrogens (tertiary/aromatic N) is 1. The normalized spacial score (nSPS) is 16.9. The average Bonchev–Trinajstić information content (AvgIpc) is 2.77. The molecule has 0 spiro atoms. The van der Waals surface area contributed by atoms with Crippen LogP contribution in [-0.2, 0) is 13.0 Å². The Morgan fingerprint density at radius 1 is 1.35 bits per heavy atom. The highest BCUT2D eigenvalue weighted by Gasteiger charge is 2.25. The first-order valence-corrected chi connectivity index (χ1v) is 8.18. The summed E-state index contributed by atoms with van der Waals surface area (Å²) in [5, 5.41) is 0. The number of rotatable bonds is 2. The van der Waals surface area contributed by atoms with E-state index in [0.717, 1.165) is 39.4 Å². The predicted octanol–water partition coefficient (Wildman–Crippen LogP) is 4.76. The molecule has 20 heavy (non-hydrogen) atoms. The van der Waals surface area contributed by atoms with E-state index in [-0.39, 0.29) is 6.04 Å². The van der Waals surface area contributed by atoms with Gasteiger partial charge in [-0.25, -0.2) is 0 Å². The number of hydrogen-bond acceptors (Lipinski definition) is 3. The van der Waals surface area contributed by atoms with Gasteiger partial charge in [0, 0.05) is 30.4 Å². The standard InChI is InChI=1S/C15H16Cl2N2S/c1-9(11-7-14(16)20-15(11)17)19-6-5-10-3-2-4-13(18)12(10)8-19/h2-4,7,9H,5-6,8,18H2,1H3. The van der Waals surface area contributed by atoms with Gasteiger partial charge in [0.25, 0.3) is 0 Å². The van der Waals surface area contributed by atoms with Crippen LogP contribution in [0.5, 0.6) is 0 Å². The molecule has 0 fully saturated rings. The first kappa shape index (κ1) is 14.2. The van der Waals surface area contributed by atoms with Gasteiger partial charge in [0.1, 0.15) is 0 Å². The summed E-state index contributed by atoms with van der Waals surface area (Å²) in [6, 6.07) is 8.40. The molecule has 5 heteroatoms. The minimum absolute atomic E-state index is 0.249. The molecule has 1 aliphatic rings. The van der Waals surface area contributed by atoms with E-state index in [9.17, 15) is 0 Å². The summed E-state index contributed by atoms with van der Waals surface area (Å²) in [6.07, 6.45) is 1.03. The van der Waals surface area contributed by atoms with E-state index in [0.29, 0.717) is 0 Å². The smallest absolute Gasteiger partial charge is 0.0991 e.